The molecule has 0 fully saturated rings. The number of Topliss-reactive ketones (excluding diaryl/α,β-unsaturated/α-hetero) is 1. The first-order valence-corrected chi connectivity index (χ1v) is 5.85. The van der Waals surface area contributed by atoms with Gasteiger partial charge < -0.3 is 0 Å². The zero-order valence-corrected chi connectivity index (χ0v) is 10.9. The van der Waals surface area contributed by atoms with Gasteiger partial charge in [-0.1, -0.05) is 54.6 Å². The van der Waals surface area contributed by atoms with Crippen LogP contribution in [0.15, 0.2) is 54.6 Å². The quantitative estimate of drug-likeness (QED) is 0.697. The minimum absolute atomic E-state index is 0.192. The Balaban J connectivity index is 3.06. The second kappa shape index (κ2) is 5.62. The second-order valence-electron chi connectivity index (χ2n) is 4.64. The van der Waals surface area contributed by atoms with Crippen LogP contribution >= 0.6 is 0 Å². The standard InChI is InChI=1S/C16H20O/c1-5-9-13(2)16(4,14(3)17)12-15-10-7-6-8-11-15/h5-11H,1,12H2,2-4H3/b13-9+. The van der Waals surface area contributed by atoms with Crippen molar-refractivity contribution in [1.82, 2.24) is 0 Å². The molecule has 0 spiro atoms. The van der Waals surface area contributed by atoms with Crippen LogP contribution < -0.4 is 0 Å². The second-order valence-corrected chi connectivity index (χ2v) is 4.64. The van der Waals surface area contributed by atoms with Crippen LogP contribution in [0, 0.1) is 5.41 Å². The average molecular weight is 228 g/mol. The van der Waals surface area contributed by atoms with E-state index in [1.807, 2.05) is 38.1 Å². The smallest absolute Gasteiger partial charge is 0.140 e. The lowest BCUT2D eigenvalue weighted by Crippen LogP contribution is -2.29. The monoisotopic (exact) mass is 228 g/mol. The minimum Gasteiger partial charge on any atom is -0.299 e. The molecule has 90 valence electrons. The highest BCUT2D eigenvalue weighted by molar-refractivity contribution is 5.85. The van der Waals surface area contributed by atoms with Crippen molar-refractivity contribution >= 4 is 5.78 Å². The third kappa shape index (κ3) is 3.16. The highest BCUT2D eigenvalue weighted by Gasteiger charge is 2.31. The van der Waals surface area contributed by atoms with E-state index in [2.05, 4.69) is 18.7 Å². The van der Waals surface area contributed by atoms with Gasteiger partial charge in [-0.05, 0) is 32.8 Å². The Labute approximate surface area is 104 Å². The van der Waals surface area contributed by atoms with E-state index in [0.29, 0.717) is 0 Å². The molecule has 1 unspecified atom stereocenters. The molecule has 1 heteroatoms. The van der Waals surface area contributed by atoms with Crippen LogP contribution in [0.2, 0.25) is 0 Å². The van der Waals surface area contributed by atoms with Crippen molar-refractivity contribution in [3.05, 3.63) is 60.2 Å². The molecule has 1 aromatic rings. The van der Waals surface area contributed by atoms with Gasteiger partial charge in [0.2, 0.25) is 0 Å². The lowest BCUT2D eigenvalue weighted by atomic mass is 9.74. The predicted octanol–water partition coefficient (Wildman–Crippen LogP) is 3.96. The predicted molar refractivity (Wildman–Crippen MR) is 72.9 cm³/mol. The fourth-order valence-electron chi connectivity index (χ4n) is 1.91. The minimum atomic E-state index is -0.435. The Morgan fingerprint density at radius 3 is 2.35 bits per heavy atom. The summed E-state index contributed by atoms with van der Waals surface area (Å²) in [5, 5.41) is 0. The summed E-state index contributed by atoms with van der Waals surface area (Å²) in [4.78, 5) is 11.9. The molecular formula is C16H20O. The third-order valence-corrected chi connectivity index (χ3v) is 3.42. The molecule has 0 N–H and O–H groups in total. The van der Waals surface area contributed by atoms with Gasteiger partial charge in [0.1, 0.15) is 5.78 Å². The van der Waals surface area contributed by atoms with Crippen LogP contribution in [0.25, 0.3) is 0 Å². The van der Waals surface area contributed by atoms with Crippen LogP contribution in [0.1, 0.15) is 26.3 Å². The summed E-state index contributed by atoms with van der Waals surface area (Å²) >= 11 is 0. The van der Waals surface area contributed by atoms with E-state index in [0.717, 1.165) is 12.0 Å². The zero-order valence-electron chi connectivity index (χ0n) is 10.9. The summed E-state index contributed by atoms with van der Waals surface area (Å²) in [6, 6.07) is 10.1. The van der Waals surface area contributed by atoms with Crippen molar-refractivity contribution in [2.45, 2.75) is 27.2 Å². The van der Waals surface area contributed by atoms with E-state index in [4.69, 9.17) is 0 Å². The Morgan fingerprint density at radius 1 is 1.29 bits per heavy atom. The number of allylic oxidation sites excluding steroid dienone is 3. The van der Waals surface area contributed by atoms with Gasteiger partial charge in [-0.25, -0.2) is 0 Å². The third-order valence-electron chi connectivity index (χ3n) is 3.42. The van der Waals surface area contributed by atoms with Gasteiger partial charge in [0.25, 0.3) is 0 Å². The fraction of sp³-hybridized carbons (Fsp3) is 0.312. The van der Waals surface area contributed by atoms with E-state index >= 15 is 0 Å². The molecular weight excluding hydrogens is 208 g/mol. The van der Waals surface area contributed by atoms with E-state index < -0.39 is 5.41 Å². The van der Waals surface area contributed by atoms with Crippen LogP contribution in [-0.4, -0.2) is 5.78 Å². The number of hydrogen-bond acceptors (Lipinski definition) is 1. The normalized spacial score (nSPS) is 15.1. The summed E-state index contributed by atoms with van der Waals surface area (Å²) in [6.07, 6.45) is 4.39. The first-order valence-electron chi connectivity index (χ1n) is 5.85. The summed E-state index contributed by atoms with van der Waals surface area (Å²) < 4.78 is 0. The van der Waals surface area contributed by atoms with Gasteiger partial charge in [-0.15, -0.1) is 0 Å². The Morgan fingerprint density at radius 2 is 1.88 bits per heavy atom. The summed E-state index contributed by atoms with van der Waals surface area (Å²) in [5.74, 6) is 0.192. The van der Waals surface area contributed by atoms with Gasteiger partial charge >= 0.3 is 0 Å². The Bertz CT molecular complexity index is 428. The van der Waals surface area contributed by atoms with Gasteiger partial charge in [0.15, 0.2) is 0 Å². The number of hydrogen-bond donors (Lipinski definition) is 0. The number of rotatable bonds is 5. The molecule has 17 heavy (non-hydrogen) atoms. The lowest BCUT2D eigenvalue weighted by molar-refractivity contribution is -0.123. The van der Waals surface area contributed by atoms with Gasteiger partial charge in [0, 0.05) is 0 Å². The maximum absolute atomic E-state index is 11.9. The van der Waals surface area contributed by atoms with Crippen molar-refractivity contribution in [3.63, 3.8) is 0 Å². The van der Waals surface area contributed by atoms with Crippen molar-refractivity contribution in [2.24, 2.45) is 5.41 Å². The number of benzene rings is 1. The molecule has 1 aromatic carbocycles. The summed E-state index contributed by atoms with van der Waals surface area (Å²) in [5.41, 5.74) is 1.81. The van der Waals surface area contributed by atoms with Crippen LogP contribution in [0.4, 0.5) is 0 Å². The van der Waals surface area contributed by atoms with Crippen molar-refractivity contribution in [1.29, 1.82) is 0 Å². The Kier molecular flexibility index (Phi) is 4.45. The molecule has 0 bridgehead atoms. The highest BCUT2D eigenvalue weighted by atomic mass is 16.1. The number of carbonyl (C=O) groups is 1. The van der Waals surface area contributed by atoms with Crippen molar-refractivity contribution in [3.8, 4) is 0 Å². The first-order chi connectivity index (χ1) is 8.00. The SMILES string of the molecule is C=C/C=C(\C)C(C)(Cc1ccccc1)C(C)=O. The van der Waals surface area contributed by atoms with Gasteiger partial charge in [0.05, 0.1) is 5.41 Å². The van der Waals surface area contributed by atoms with Crippen LogP contribution in [0.5, 0.6) is 0 Å². The summed E-state index contributed by atoms with van der Waals surface area (Å²) in [7, 11) is 0. The van der Waals surface area contributed by atoms with Gasteiger partial charge in [-0.2, -0.15) is 0 Å². The molecule has 1 rings (SSSR count). The topological polar surface area (TPSA) is 17.1 Å². The molecule has 0 heterocycles. The highest BCUT2D eigenvalue weighted by Crippen LogP contribution is 2.32. The first kappa shape index (κ1) is 13.4. The molecule has 0 aliphatic rings. The molecule has 0 saturated heterocycles. The van der Waals surface area contributed by atoms with Crippen LogP contribution in [0.3, 0.4) is 0 Å². The van der Waals surface area contributed by atoms with Gasteiger partial charge in [-0.3, -0.25) is 4.79 Å². The molecule has 1 nitrogen and oxygen atoms in total. The Hall–Kier alpha value is -1.63. The molecule has 0 radical (unpaired) electrons. The van der Waals surface area contributed by atoms with E-state index in [1.165, 1.54) is 5.56 Å². The average Bonchev–Trinajstić information content (AvgIpc) is 2.30. The zero-order chi connectivity index (χ0) is 12.9. The van der Waals surface area contributed by atoms with E-state index in [1.54, 1.807) is 13.0 Å². The van der Waals surface area contributed by atoms with Crippen LogP contribution in [-0.2, 0) is 11.2 Å². The molecule has 1 atom stereocenters. The molecule has 0 aliphatic carbocycles. The number of ketones is 1. The molecule has 0 aromatic heterocycles. The van der Waals surface area contributed by atoms with Crippen molar-refractivity contribution < 1.29 is 4.79 Å². The summed E-state index contributed by atoms with van der Waals surface area (Å²) in [6.45, 7) is 9.34. The lowest BCUT2D eigenvalue weighted by Gasteiger charge is -2.28. The largest absolute Gasteiger partial charge is 0.299 e. The molecule has 0 amide bonds. The molecule has 0 aliphatic heterocycles. The van der Waals surface area contributed by atoms with E-state index in [-0.39, 0.29) is 5.78 Å². The maximum atomic E-state index is 11.9. The molecule has 0 saturated carbocycles. The van der Waals surface area contributed by atoms with Crippen molar-refractivity contribution in [2.75, 3.05) is 0 Å². The fourth-order valence-corrected chi connectivity index (χ4v) is 1.91. The maximum Gasteiger partial charge on any atom is 0.140 e. The number of carbonyl (C=O) groups excluding carboxylic acids is 1. The van der Waals surface area contributed by atoms with E-state index in [9.17, 15) is 4.79 Å².